The van der Waals surface area contributed by atoms with Gasteiger partial charge in [0.15, 0.2) is 8.68 Å². The van der Waals surface area contributed by atoms with Crippen molar-refractivity contribution in [2.75, 3.05) is 37.9 Å². The molecule has 2 atom stereocenters. The number of rotatable bonds is 16. The molecule has 11 nitrogen and oxygen atoms in total. The van der Waals surface area contributed by atoms with Crippen molar-refractivity contribution >= 4 is 52.8 Å². The monoisotopic (exact) mass is 509 g/mol. The van der Waals surface area contributed by atoms with E-state index in [-0.39, 0.29) is 38.2 Å². The van der Waals surface area contributed by atoms with E-state index >= 15 is 0 Å². The molecule has 32 heavy (non-hydrogen) atoms. The molecular weight excluding hydrogens is 484 g/mol. The molecule has 0 radical (unpaired) electrons. The molecule has 0 saturated heterocycles. The highest BCUT2D eigenvalue weighted by molar-refractivity contribution is 8.03. The molecular formula is C18H25N2O9S3-. The highest BCUT2D eigenvalue weighted by atomic mass is 32.2. The molecule has 2 N–H and O–H groups in total. The van der Waals surface area contributed by atoms with E-state index in [2.05, 4.69) is 16.8 Å². The largest absolute Gasteiger partial charge is 0.853 e. The smallest absolute Gasteiger partial charge is 0.333 e. The molecule has 0 saturated carbocycles. The number of aliphatic hydroxyl groups is 2. The lowest BCUT2D eigenvalue weighted by atomic mass is 10.3. The molecule has 0 aliphatic rings. The first kappa shape index (κ1) is 28.3. The van der Waals surface area contributed by atoms with Crippen LogP contribution in [0.4, 0.5) is 0 Å². The molecule has 0 bridgehead atoms. The molecule has 0 aromatic carbocycles. The van der Waals surface area contributed by atoms with Crippen LogP contribution < -0.4 is 5.11 Å². The summed E-state index contributed by atoms with van der Waals surface area (Å²) < 4.78 is 15.7. The van der Waals surface area contributed by atoms with Crippen molar-refractivity contribution < 1.29 is 43.9 Å². The molecule has 0 fully saturated rings. The Morgan fingerprint density at radius 3 is 1.91 bits per heavy atom. The third-order valence-corrected chi connectivity index (χ3v) is 6.47. The van der Waals surface area contributed by atoms with E-state index in [0.29, 0.717) is 20.2 Å². The molecule has 14 heteroatoms. The van der Waals surface area contributed by atoms with Gasteiger partial charge in [-0.2, -0.15) is 0 Å². The summed E-state index contributed by atoms with van der Waals surface area (Å²) >= 11 is 3.94. The van der Waals surface area contributed by atoms with Gasteiger partial charge in [0.2, 0.25) is 0 Å². The van der Waals surface area contributed by atoms with Crippen molar-refractivity contribution in [1.29, 1.82) is 0 Å². The van der Waals surface area contributed by atoms with E-state index in [1.54, 1.807) is 0 Å². The molecule has 1 rings (SSSR count). The maximum Gasteiger partial charge on any atom is 0.333 e. The number of esters is 3. The Labute approximate surface area is 197 Å². The lowest BCUT2D eigenvalue weighted by molar-refractivity contribution is -0.385. The Morgan fingerprint density at radius 2 is 1.44 bits per heavy atom. The van der Waals surface area contributed by atoms with Gasteiger partial charge in [0.1, 0.15) is 25.9 Å². The number of aromatic nitrogens is 2. The van der Waals surface area contributed by atoms with Crippen LogP contribution in [0.5, 0.6) is 0 Å². The molecule has 0 spiro atoms. The quantitative estimate of drug-likeness (QED) is 0.130. The van der Waals surface area contributed by atoms with E-state index in [4.69, 9.17) is 19.3 Å². The van der Waals surface area contributed by atoms with Crippen molar-refractivity contribution in [1.82, 2.24) is 10.2 Å². The summed E-state index contributed by atoms with van der Waals surface area (Å²) in [6.45, 7) is 3.29. The SMILES string of the molecule is C=C(C)C(=O)OCC(O)COC(=O)CCSc1nnc(SCCC(=O)OCC(O)C[O-])s1. The van der Waals surface area contributed by atoms with Gasteiger partial charge in [0.25, 0.3) is 0 Å². The van der Waals surface area contributed by atoms with Crippen molar-refractivity contribution in [2.45, 2.75) is 40.7 Å². The zero-order valence-corrected chi connectivity index (χ0v) is 19.8. The molecule has 1 heterocycles. The summed E-state index contributed by atoms with van der Waals surface area (Å²) in [5, 5.41) is 37.0. The number of ether oxygens (including phenoxy) is 3. The van der Waals surface area contributed by atoms with Crippen molar-refractivity contribution in [3.05, 3.63) is 12.2 Å². The predicted octanol–water partition coefficient (Wildman–Crippen LogP) is -0.210. The molecule has 0 aliphatic carbocycles. The van der Waals surface area contributed by atoms with Gasteiger partial charge in [-0.25, -0.2) is 4.79 Å². The molecule has 1 aromatic rings. The molecule has 0 aliphatic heterocycles. The Balaban J connectivity index is 2.16. The van der Waals surface area contributed by atoms with Crippen LogP contribution in [0.15, 0.2) is 20.8 Å². The number of hydrogen-bond donors (Lipinski definition) is 2. The second-order valence-electron chi connectivity index (χ2n) is 6.25. The Hall–Kier alpha value is -1.71. The average molecular weight is 510 g/mol. The van der Waals surface area contributed by atoms with Crippen LogP contribution in [-0.4, -0.2) is 88.5 Å². The van der Waals surface area contributed by atoms with Crippen LogP contribution in [0.25, 0.3) is 0 Å². The normalized spacial score (nSPS) is 12.6. The average Bonchev–Trinajstić information content (AvgIpc) is 3.21. The number of hydrogen-bond acceptors (Lipinski definition) is 14. The Morgan fingerprint density at radius 1 is 0.969 bits per heavy atom. The summed E-state index contributed by atoms with van der Waals surface area (Å²) in [5.41, 5.74) is 0.208. The van der Waals surface area contributed by atoms with Gasteiger partial charge >= 0.3 is 17.9 Å². The standard InChI is InChI=1S/C18H25N2O9S3/c1-11(2)16(26)29-10-13(23)9-28-15(25)4-6-31-18-20-19-17(32-18)30-5-3-14(24)27-8-12(22)7-21/h12-13,22-23H,1,3-10H2,2H3/q-1. The Bertz CT molecular complexity index is 760. The third-order valence-electron chi connectivity index (χ3n) is 3.27. The lowest BCUT2D eigenvalue weighted by Gasteiger charge is -2.13. The highest BCUT2D eigenvalue weighted by Crippen LogP contribution is 2.29. The summed E-state index contributed by atoms with van der Waals surface area (Å²) in [4.78, 5) is 34.4. The Kier molecular flexibility index (Phi) is 14.2. The first-order valence-electron chi connectivity index (χ1n) is 9.38. The fraction of sp³-hybridized carbons (Fsp3) is 0.611. The molecule has 2 unspecified atom stereocenters. The number of thioether (sulfide) groups is 2. The topological polar surface area (TPSA) is 168 Å². The van der Waals surface area contributed by atoms with E-state index in [1.807, 2.05) is 0 Å². The van der Waals surface area contributed by atoms with Gasteiger partial charge in [-0.05, 0) is 6.92 Å². The lowest BCUT2D eigenvalue weighted by Crippen LogP contribution is -2.29. The van der Waals surface area contributed by atoms with Crippen molar-refractivity contribution in [2.24, 2.45) is 0 Å². The minimum absolute atomic E-state index is 0.0893. The van der Waals surface area contributed by atoms with E-state index in [1.165, 1.54) is 41.8 Å². The minimum atomic E-state index is -1.19. The fourth-order valence-corrected chi connectivity index (χ4v) is 4.67. The number of aliphatic hydroxyl groups excluding tert-OH is 2. The van der Waals surface area contributed by atoms with Gasteiger partial charge in [-0.15, -0.1) is 16.8 Å². The fourth-order valence-electron chi connectivity index (χ4n) is 1.67. The van der Waals surface area contributed by atoms with Gasteiger partial charge in [0.05, 0.1) is 18.9 Å². The van der Waals surface area contributed by atoms with Gasteiger partial charge in [-0.1, -0.05) is 41.4 Å². The highest BCUT2D eigenvalue weighted by Gasteiger charge is 2.13. The van der Waals surface area contributed by atoms with Crippen molar-refractivity contribution in [3.63, 3.8) is 0 Å². The predicted molar refractivity (Wildman–Crippen MR) is 115 cm³/mol. The second kappa shape index (κ2) is 16.0. The van der Waals surface area contributed by atoms with Gasteiger partial charge in [0, 0.05) is 17.1 Å². The van der Waals surface area contributed by atoms with Crippen LogP contribution >= 0.6 is 34.9 Å². The summed E-state index contributed by atoms with van der Waals surface area (Å²) in [6, 6.07) is 0. The van der Waals surface area contributed by atoms with E-state index in [0.717, 1.165) is 0 Å². The first-order valence-corrected chi connectivity index (χ1v) is 12.2. The number of carbonyl (C=O) groups excluding carboxylic acids is 3. The minimum Gasteiger partial charge on any atom is -0.853 e. The third kappa shape index (κ3) is 13.0. The summed E-state index contributed by atoms with van der Waals surface area (Å²) in [7, 11) is 0. The maximum absolute atomic E-state index is 11.7. The zero-order chi connectivity index (χ0) is 23.9. The summed E-state index contributed by atoms with van der Waals surface area (Å²) in [5.74, 6) is -0.851. The summed E-state index contributed by atoms with van der Waals surface area (Å²) in [6.07, 6.45) is -2.12. The van der Waals surface area contributed by atoms with Crippen LogP contribution in [-0.2, 0) is 28.6 Å². The zero-order valence-electron chi connectivity index (χ0n) is 17.4. The van der Waals surface area contributed by atoms with Gasteiger partial charge < -0.3 is 29.5 Å². The number of nitrogens with zero attached hydrogens (tertiary/aromatic N) is 2. The molecule has 0 amide bonds. The van der Waals surface area contributed by atoms with Crippen LogP contribution in [0, 0.1) is 0 Å². The first-order chi connectivity index (χ1) is 15.2. The molecule has 180 valence electrons. The second-order valence-corrected chi connectivity index (χ2v) is 9.91. The van der Waals surface area contributed by atoms with Crippen molar-refractivity contribution in [3.8, 4) is 0 Å². The van der Waals surface area contributed by atoms with Gasteiger partial charge in [-0.3, -0.25) is 9.59 Å². The molecule has 1 aromatic heterocycles. The number of carbonyl (C=O) groups is 3. The van der Waals surface area contributed by atoms with Crippen LogP contribution in [0.2, 0.25) is 0 Å². The van der Waals surface area contributed by atoms with E-state index < -0.39 is 36.7 Å². The van der Waals surface area contributed by atoms with Crippen LogP contribution in [0.1, 0.15) is 19.8 Å². The van der Waals surface area contributed by atoms with Crippen LogP contribution in [0.3, 0.4) is 0 Å². The van der Waals surface area contributed by atoms with E-state index in [9.17, 15) is 24.6 Å². The maximum atomic E-state index is 11.7.